The zero-order valence-electron chi connectivity index (χ0n) is 21.5. The molecule has 3 aromatic heterocycles. The fraction of sp³-hybridized carbons (Fsp3) is 0.300. The molecule has 4 atom stereocenters. The van der Waals surface area contributed by atoms with E-state index in [4.69, 9.17) is 23.8 Å². The molecule has 1 N–H and O–H groups in total. The highest BCUT2D eigenvalue weighted by atomic mass is 35.5. The van der Waals surface area contributed by atoms with Crippen LogP contribution in [-0.2, 0) is 0 Å². The number of rotatable bonds is 5. The van der Waals surface area contributed by atoms with Crippen molar-refractivity contribution >= 4 is 40.3 Å². The van der Waals surface area contributed by atoms with Crippen LogP contribution in [-0.4, -0.2) is 32.7 Å². The molecule has 0 radical (unpaired) electrons. The summed E-state index contributed by atoms with van der Waals surface area (Å²) in [7, 11) is 0. The van der Waals surface area contributed by atoms with Gasteiger partial charge in [-0.2, -0.15) is 0 Å². The highest BCUT2D eigenvalue weighted by Gasteiger charge is 2.42. The van der Waals surface area contributed by atoms with E-state index in [0.717, 1.165) is 46.6 Å². The fourth-order valence-electron chi connectivity index (χ4n) is 6.06. The predicted octanol–water partition coefficient (Wildman–Crippen LogP) is 6.58. The van der Waals surface area contributed by atoms with Gasteiger partial charge in [-0.1, -0.05) is 31.5 Å². The molecule has 2 aliphatic heterocycles. The molecule has 0 saturated carbocycles. The highest BCUT2D eigenvalue weighted by molar-refractivity contribution is 7.80. The standard InChI is InChI=1S/C30H31ClN6S/c1-20-15-21(2)19-35(18-20)26-11-10-22(16-24(26)31)37-29(28(34-30(37)38)25-8-3-4-13-33-25)27-9-6-14-36(27)23-7-5-12-32-17-23/h3-14,16-17,20-21,28-29H,15,18-19H2,1-2H3,(H,34,38)/t20-,21+,28-,29-/m0/s1. The second-order valence-corrected chi connectivity index (χ2v) is 11.3. The Kier molecular flexibility index (Phi) is 6.80. The van der Waals surface area contributed by atoms with E-state index >= 15 is 0 Å². The first-order valence-electron chi connectivity index (χ1n) is 13.1. The third-order valence-electron chi connectivity index (χ3n) is 7.52. The Balaban J connectivity index is 1.42. The molecule has 0 amide bonds. The largest absolute Gasteiger partial charge is 0.370 e. The lowest BCUT2D eigenvalue weighted by atomic mass is 9.91. The van der Waals surface area contributed by atoms with Crippen LogP contribution in [0.1, 0.15) is 43.7 Å². The number of thiocarbonyl (C=S) groups is 1. The summed E-state index contributed by atoms with van der Waals surface area (Å²) in [4.78, 5) is 13.6. The Morgan fingerprint density at radius 3 is 2.50 bits per heavy atom. The Morgan fingerprint density at radius 1 is 0.947 bits per heavy atom. The van der Waals surface area contributed by atoms with Gasteiger partial charge in [0.1, 0.15) is 6.04 Å². The minimum atomic E-state index is -0.149. The van der Waals surface area contributed by atoms with E-state index in [1.165, 1.54) is 6.42 Å². The Hall–Kier alpha value is -3.42. The summed E-state index contributed by atoms with van der Waals surface area (Å²) in [5.74, 6) is 1.29. The van der Waals surface area contributed by atoms with Crippen LogP contribution in [0.5, 0.6) is 0 Å². The molecule has 0 bridgehead atoms. The number of hydrogen-bond acceptors (Lipinski definition) is 4. The van der Waals surface area contributed by atoms with Crippen molar-refractivity contribution in [3.05, 3.63) is 102 Å². The molecule has 1 aromatic carbocycles. The molecule has 2 saturated heterocycles. The maximum atomic E-state index is 6.98. The number of aromatic nitrogens is 3. The van der Waals surface area contributed by atoms with Crippen molar-refractivity contribution in [3.8, 4) is 5.69 Å². The van der Waals surface area contributed by atoms with E-state index in [1.54, 1.807) is 6.20 Å². The fourth-order valence-corrected chi connectivity index (χ4v) is 6.70. The number of nitrogens with zero attached hydrogens (tertiary/aromatic N) is 5. The van der Waals surface area contributed by atoms with Crippen molar-refractivity contribution in [2.75, 3.05) is 22.9 Å². The number of piperidine rings is 1. The summed E-state index contributed by atoms with van der Waals surface area (Å²) >= 11 is 12.9. The Bertz CT molecular complexity index is 1420. The summed E-state index contributed by atoms with van der Waals surface area (Å²) in [5, 5.41) is 4.95. The molecular formula is C30H31ClN6S. The minimum Gasteiger partial charge on any atom is -0.370 e. The van der Waals surface area contributed by atoms with Gasteiger partial charge in [-0.3, -0.25) is 9.97 Å². The van der Waals surface area contributed by atoms with Crippen molar-refractivity contribution in [1.29, 1.82) is 0 Å². The first kappa shape index (κ1) is 24.9. The van der Waals surface area contributed by atoms with E-state index in [1.807, 2.05) is 36.7 Å². The smallest absolute Gasteiger partial charge is 0.174 e. The Labute approximate surface area is 234 Å². The molecule has 5 heterocycles. The van der Waals surface area contributed by atoms with Gasteiger partial charge < -0.3 is 19.7 Å². The Morgan fingerprint density at radius 2 is 1.79 bits per heavy atom. The molecule has 2 fully saturated rings. The lowest BCUT2D eigenvalue weighted by molar-refractivity contribution is 0.357. The highest BCUT2D eigenvalue weighted by Crippen LogP contribution is 2.44. The number of halogens is 1. The summed E-state index contributed by atoms with van der Waals surface area (Å²) in [5.41, 5.74) is 5.05. The van der Waals surface area contributed by atoms with Gasteiger partial charge in [-0.05, 0) is 85.1 Å². The molecule has 6 nitrogen and oxygen atoms in total. The van der Waals surface area contributed by atoms with Gasteiger partial charge >= 0.3 is 0 Å². The van der Waals surface area contributed by atoms with Gasteiger partial charge in [0, 0.05) is 43.1 Å². The molecule has 0 spiro atoms. The number of anilines is 2. The topological polar surface area (TPSA) is 49.2 Å². The van der Waals surface area contributed by atoms with Crippen LogP contribution in [0, 0.1) is 11.8 Å². The van der Waals surface area contributed by atoms with Crippen LogP contribution in [0.2, 0.25) is 5.02 Å². The van der Waals surface area contributed by atoms with Crippen LogP contribution in [0.4, 0.5) is 11.4 Å². The van der Waals surface area contributed by atoms with Gasteiger partial charge in [-0.25, -0.2) is 0 Å². The van der Waals surface area contributed by atoms with E-state index in [9.17, 15) is 0 Å². The zero-order chi connectivity index (χ0) is 26.2. The van der Waals surface area contributed by atoms with Crippen LogP contribution >= 0.6 is 23.8 Å². The van der Waals surface area contributed by atoms with Gasteiger partial charge in [0.15, 0.2) is 5.11 Å². The van der Waals surface area contributed by atoms with Crippen molar-refractivity contribution < 1.29 is 0 Å². The van der Waals surface area contributed by atoms with Gasteiger partial charge in [0.25, 0.3) is 0 Å². The normalized spacial score (nSPS) is 23.5. The van der Waals surface area contributed by atoms with Gasteiger partial charge in [0.05, 0.1) is 34.3 Å². The van der Waals surface area contributed by atoms with Crippen molar-refractivity contribution in [2.24, 2.45) is 11.8 Å². The molecule has 38 heavy (non-hydrogen) atoms. The second kappa shape index (κ2) is 10.4. The second-order valence-electron chi connectivity index (χ2n) is 10.5. The van der Waals surface area contributed by atoms with Gasteiger partial charge in [0.2, 0.25) is 0 Å². The summed E-state index contributed by atoms with van der Waals surface area (Å²) in [6.07, 6.45) is 8.81. The summed E-state index contributed by atoms with van der Waals surface area (Å²) in [6.45, 7) is 6.68. The average Bonchev–Trinajstić information content (AvgIpc) is 3.53. The number of hydrogen-bond donors (Lipinski definition) is 1. The molecule has 0 aliphatic carbocycles. The first-order chi connectivity index (χ1) is 18.5. The van der Waals surface area contributed by atoms with Crippen LogP contribution in [0.15, 0.2) is 85.5 Å². The van der Waals surface area contributed by atoms with Crippen LogP contribution < -0.4 is 15.1 Å². The lowest BCUT2D eigenvalue weighted by Gasteiger charge is -2.37. The number of nitrogens with one attached hydrogen (secondary N) is 1. The van der Waals surface area contributed by atoms with Crippen molar-refractivity contribution in [3.63, 3.8) is 0 Å². The van der Waals surface area contributed by atoms with Crippen LogP contribution in [0.25, 0.3) is 5.69 Å². The average molecular weight is 543 g/mol. The number of benzene rings is 1. The third-order valence-corrected chi connectivity index (χ3v) is 8.14. The molecular weight excluding hydrogens is 512 g/mol. The quantitative estimate of drug-likeness (QED) is 0.287. The lowest BCUT2D eigenvalue weighted by Crippen LogP contribution is -2.38. The van der Waals surface area contributed by atoms with Crippen LogP contribution in [0.3, 0.4) is 0 Å². The van der Waals surface area contributed by atoms with E-state index in [0.29, 0.717) is 16.9 Å². The maximum absolute atomic E-state index is 6.98. The SMILES string of the molecule is C[C@@H]1C[C@H](C)CN(c2ccc(N3C(=S)N[C@@H](c4ccccn4)[C@@H]3c3cccn3-c3cccnc3)cc2Cl)C1. The summed E-state index contributed by atoms with van der Waals surface area (Å²) in [6, 6.07) is 20.3. The maximum Gasteiger partial charge on any atom is 0.174 e. The van der Waals surface area contributed by atoms with E-state index in [2.05, 4.69) is 86.1 Å². The minimum absolute atomic E-state index is 0.142. The van der Waals surface area contributed by atoms with E-state index < -0.39 is 0 Å². The zero-order valence-corrected chi connectivity index (χ0v) is 23.1. The number of pyridine rings is 2. The monoisotopic (exact) mass is 542 g/mol. The molecule has 8 heteroatoms. The molecule has 6 rings (SSSR count). The van der Waals surface area contributed by atoms with E-state index in [-0.39, 0.29) is 12.1 Å². The molecule has 0 unspecified atom stereocenters. The molecule has 2 aliphatic rings. The molecule has 4 aromatic rings. The first-order valence-corrected chi connectivity index (χ1v) is 13.9. The predicted molar refractivity (Wildman–Crippen MR) is 158 cm³/mol. The van der Waals surface area contributed by atoms with Crippen molar-refractivity contribution in [1.82, 2.24) is 19.9 Å². The summed E-state index contributed by atoms with van der Waals surface area (Å²) < 4.78 is 2.17. The van der Waals surface area contributed by atoms with Crippen molar-refractivity contribution in [2.45, 2.75) is 32.4 Å². The molecule has 194 valence electrons. The van der Waals surface area contributed by atoms with Gasteiger partial charge in [-0.15, -0.1) is 0 Å². The third kappa shape index (κ3) is 4.65.